The summed E-state index contributed by atoms with van der Waals surface area (Å²) in [6.07, 6.45) is 1.39. The van der Waals surface area contributed by atoms with E-state index in [1.165, 1.54) is 7.05 Å². The maximum atomic E-state index is 13.5. The van der Waals surface area contributed by atoms with Gasteiger partial charge in [-0.2, -0.15) is 0 Å². The Bertz CT molecular complexity index is 1170. The van der Waals surface area contributed by atoms with Gasteiger partial charge >= 0.3 is 12.1 Å². The van der Waals surface area contributed by atoms with Crippen LogP contribution in [0.25, 0.3) is 0 Å². The monoisotopic (exact) mass is 462 g/mol. The summed E-state index contributed by atoms with van der Waals surface area (Å²) >= 11 is 0. The molecule has 3 aliphatic rings. The van der Waals surface area contributed by atoms with Gasteiger partial charge in [-0.05, 0) is 42.0 Å². The van der Waals surface area contributed by atoms with Gasteiger partial charge in [-0.1, -0.05) is 36.4 Å². The minimum atomic E-state index is -1.45. The standard InChI is InChI=1S/C25H26N4O5/c1-26-23(32)27-17-9-10-19-18(13-17)16(14-25(19)22(31)28-24(33)34-25)12-21(30)29-11-5-8-20(29)15-6-3-2-4-7-15/h2-4,6-7,9-10,13,16,20H,5,8,11-12,14H2,1H3,(H2,26,27,32)(H,28,31,33)/t16?,20-,25?/m1/s1. The summed E-state index contributed by atoms with van der Waals surface area (Å²) in [6.45, 7) is 0.677. The van der Waals surface area contributed by atoms with Crippen LogP contribution < -0.4 is 16.0 Å². The van der Waals surface area contributed by atoms with E-state index in [-0.39, 0.29) is 36.7 Å². The number of fused-ring (bicyclic) bond motifs is 2. The highest BCUT2D eigenvalue weighted by Crippen LogP contribution is 2.51. The van der Waals surface area contributed by atoms with E-state index in [4.69, 9.17) is 4.74 Å². The molecule has 1 aliphatic carbocycles. The van der Waals surface area contributed by atoms with E-state index < -0.39 is 17.6 Å². The van der Waals surface area contributed by atoms with Crippen molar-refractivity contribution in [2.24, 2.45) is 0 Å². The van der Waals surface area contributed by atoms with Crippen molar-refractivity contribution in [1.82, 2.24) is 15.5 Å². The SMILES string of the molecule is CNC(=O)Nc1ccc2c(c1)C(CC(=O)N1CCC[C@@H]1c1ccccc1)CC21OC(=O)NC1=O. The molecule has 5 amide bonds. The Morgan fingerprint density at radius 1 is 1.18 bits per heavy atom. The van der Waals surface area contributed by atoms with Crippen LogP contribution in [0, 0.1) is 0 Å². The summed E-state index contributed by atoms with van der Waals surface area (Å²) in [5.74, 6) is -0.875. The minimum Gasteiger partial charge on any atom is -0.427 e. The van der Waals surface area contributed by atoms with Gasteiger partial charge in [-0.15, -0.1) is 0 Å². The summed E-state index contributed by atoms with van der Waals surface area (Å²) in [6, 6.07) is 14.7. The molecular weight excluding hydrogens is 436 g/mol. The van der Waals surface area contributed by atoms with Crippen molar-refractivity contribution in [3.8, 4) is 0 Å². The van der Waals surface area contributed by atoms with Gasteiger partial charge in [0.1, 0.15) is 0 Å². The fourth-order valence-electron chi connectivity index (χ4n) is 5.44. The first-order chi connectivity index (χ1) is 16.4. The molecule has 2 unspecified atom stereocenters. The lowest BCUT2D eigenvalue weighted by atomic mass is 9.94. The lowest BCUT2D eigenvalue weighted by molar-refractivity contribution is -0.135. The van der Waals surface area contributed by atoms with Crippen molar-refractivity contribution < 1.29 is 23.9 Å². The molecule has 2 fully saturated rings. The van der Waals surface area contributed by atoms with Crippen LogP contribution >= 0.6 is 0 Å². The molecule has 3 N–H and O–H groups in total. The van der Waals surface area contributed by atoms with Crippen LogP contribution in [0.1, 0.15) is 54.3 Å². The van der Waals surface area contributed by atoms with Gasteiger partial charge in [0.25, 0.3) is 5.91 Å². The third-order valence-electron chi connectivity index (χ3n) is 6.97. The number of urea groups is 1. The average Bonchev–Trinajstić information content (AvgIpc) is 3.51. The van der Waals surface area contributed by atoms with E-state index in [0.29, 0.717) is 17.8 Å². The molecule has 2 aliphatic heterocycles. The smallest absolute Gasteiger partial charge is 0.415 e. The lowest BCUT2D eigenvalue weighted by Gasteiger charge is -2.27. The molecule has 3 atom stereocenters. The first-order valence-electron chi connectivity index (χ1n) is 11.4. The minimum absolute atomic E-state index is 0.00579. The molecule has 2 saturated heterocycles. The first-order valence-corrected chi connectivity index (χ1v) is 11.4. The molecule has 1 spiro atoms. The molecule has 0 saturated carbocycles. The highest BCUT2D eigenvalue weighted by atomic mass is 16.6. The summed E-state index contributed by atoms with van der Waals surface area (Å²) in [7, 11) is 1.51. The molecular formula is C25H26N4O5. The number of nitrogens with one attached hydrogen (secondary N) is 3. The Balaban J connectivity index is 1.44. The number of amides is 5. The number of imide groups is 1. The van der Waals surface area contributed by atoms with E-state index in [1.807, 2.05) is 35.2 Å². The molecule has 2 heterocycles. The number of carbonyl (C=O) groups excluding carboxylic acids is 4. The number of benzene rings is 2. The second-order valence-corrected chi connectivity index (χ2v) is 8.94. The number of rotatable bonds is 4. The molecule has 0 bridgehead atoms. The lowest BCUT2D eigenvalue weighted by Crippen LogP contribution is -2.35. The Labute approximate surface area is 196 Å². The maximum absolute atomic E-state index is 13.5. The van der Waals surface area contributed by atoms with Crippen LogP contribution in [-0.4, -0.2) is 42.4 Å². The predicted octanol–water partition coefficient (Wildman–Crippen LogP) is 3.14. The fraction of sp³-hybridized carbons (Fsp3) is 0.360. The number of carbonyl (C=O) groups is 4. The Kier molecular flexibility index (Phi) is 5.47. The Morgan fingerprint density at radius 2 is 1.97 bits per heavy atom. The molecule has 34 heavy (non-hydrogen) atoms. The third kappa shape index (κ3) is 3.67. The van der Waals surface area contributed by atoms with Gasteiger partial charge in [0.2, 0.25) is 11.5 Å². The Morgan fingerprint density at radius 3 is 2.68 bits per heavy atom. The number of hydrogen-bond donors (Lipinski definition) is 3. The van der Waals surface area contributed by atoms with E-state index in [0.717, 1.165) is 24.0 Å². The van der Waals surface area contributed by atoms with Crippen molar-refractivity contribution in [3.63, 3.8) is 0 Å². The van der Waals surface area contributed by atoms with Gasteiger partial charge in [-0.25, -0.2) is 9.59 Å². The quantitative estimate of drug-likeness (QED) is 0.645. The highest BCUT2D eigenvalue weighted by Gasteiger charge is 2.57. The molecule has 5 rings (SSSR count). The van der Waals surface area contributed by atoms with Crippen LogP contribution in [0.4, 0.5) is 15.3 Å². The molecule has 9 heteroatoms. The summed E-state index contributed by atoms with van der Waals surface area (Å²) < 4.78 is 5.49. The third-order valence-corrected chi connectivity index (χ3v) is 6.97. The molecule has 0 aromatic heterocycles. The number of alkyl carbamates (subject to hydrolysis) is 1. The summed E-state index contributed by atoms with van der Waals surface area (Å²) in [4.78, 5) is 51.9. The van der Waals surface area contributed by atoms with Crippen LogP contribution in [0.2, 0.25) is 0 Å². The molecule has 2 aromatic carbocycles. The zero-order valence-corrected chi connectivity index (χ0v) is 18.8. The normalized spacial score (nSPS) is 25.1. The van der Waals surface area contributed by atoms with Gasteiger partial charge in [-0.3, -0.25) is 14.9 Å². The van der Waals surface area contributed by atoms with Gasteiger partial charge in [0.05, 0.1) is 6.04 Å². The van der Waals surface area contributed by atoms with Gasteiger partial charge in [0.15, 0.2) is 0 Å². The van der Waals surface area contributed by atoms with Crippen LogP contribution in [0.5, 0.6) is 0 Å². The number of anilines is 1. The van der Waals surface area contributed by atoms with Crippen molar-refractivity contribution in [1.29, 1.82) is 0 Å². The number of hydrogen-bond acceptors (Lipinski definition) is 5. The number of nitrogens with zero attached hydrogens (tertiary/aromatic N) is 1. The average molecular weight is 463 g/mol. The van der Waals surface area contributed by atoms with Gasteiger partial charge < -0.3 is 20.3 Å². The predicted molar refractivity (Wildman–Crippen MR) is 123 cm³/mol. The Hall–Kier alpha value is -3.88. The van der Waals surface area contributed by atoms with E-state index in [2.05, 4.69) is 16.0 Å². The largest absolute Gasteiger partial charge is 0.427 e. The second-order valence-electron chi connectivity index (χ2n) is 8.94. The molecule has 0 radical (unpaired) electrons. The zero-order chi connectivity index (χ0) is 23.9. The zero-order valence-electron chi connectivity index (χ0n) is 18.8. The first kappa shape index (κ1) is 21.9. The topological polar surface area (TPSA) is 117 Å². The summed E-state index contributed by atoms with van der Waals surface area (Å²) in [5.41, 5.74) is 1.46. The van der Waals surface area contributed by atoms with Crippen LogP contribution in [-0.2, 0) is 19.9 Å². The van der Waals surface area contributed by atoms with Crippen molar-refractivity contribution in [2.75, 3.05) is 18.9 Å². The van der Waals surface area contributed by atoms with Crippen molar-refractivity contribution in [2.45, 2.75) is 43.2 Å². The van der Waals surface area contributed by atoms with Gasteiger partial charge in [0, 0.05) is 37.7 Å². The van der Waals surface area contributed by atoms with E-state index in [1.54, 1.807) is 18.2 Å². The number of likely N-dealkylation sites (tertiary alicyclic amines) is 1. The maximum Gasteiger partial charge on any atom is 0.415 e. The molecule has 9 nitrogen and oxygen atoms in total. The van der Waals surface area contributed by atoms with Crippen LogP contribution in [0.3, 0.4) is 0 Å². The fourth-order valence-corrected chi connectivity index (χ4v) is 5.44. The van der Waals surface area contributed by atoms with Crippen molar-refractivity contribution >= 4 is 29.6 Å². The highest BCUT2D eigenvalue weighted by molar-refractivity contribution is 6.04. The second kappa shape index (κ2) is 8.48. The van der Waals surface area contributed by atoms with E-state index >= 15 is 0 Å². The summed E-state index contributed by atoms with van der Waals surface area (Å²) in [5, 5.41) is 7.45. The van der Waals surface area contributed by atoms with Crippen molar-refractivity contribution in [3.05, 3.63) is 65.2 Å². The van der Waals surface area contributed by atoms with E-state index in [9.17, 15) is 19.2 Å². The van der Waals surface area contributed by atoms with Crippen LogP contribution in [0.15, 0.2) is 48.5 Å². The molecule has 2 aromatic rings. The number of ether oxygens (including phenoxy) is 1. The molecule has 176 valence electrons.